The van der Waals surface area contributed by atoms with Crippen molar-refractivity contribution < 1.29 is 13.9 Å². The maximum atomic E-state index is 13.8. The van der Waals surface area contributed by atoms with Gasteiger partial charge < -0.3 is 14.8 Å². The van der Waals surface area contributed by atoms with E-state index < -0.39 is 0 Å². The van der Waals surface area contributed by atoms with E-state index >= 15 is 0 Å². The molecule has 0 aliphatic rings. The van der Waals surface area contributed by atoms with Gasteiger partial charge in [-0.2, -0.15) is 0 Å². The summed E-state index contributed by atoms with van der Waals surface area (Å²) >= 11 is 0. The fraction of sp³-hybridized carbons (Fsp3) is 0.600. The number of halogens is 1. The highest BCUT2D eigenvalue weighted by molar-refractivity contribution is 5.30. The lowest BCUT2D eigenvalue weighted by Gasteiger charge is -2.14. The van der Waals surface area contributed by atoms with Gasteiger partial charge in [-0.15, -0.1) is 0 Å². The highest BCUT2D eigenvalue weighted by atomic mass is 19.1. The Bertz CT molecular complexity index is 382. The Kier molecular flexibility index (Phi) is 6.81. The van der Waals surface area contributed by atoms with Crippen LogP contribution in [0.5, 0.6) is 5.75 Å². The molecule has 0 heterocycles. The van der Waals surface area contributed by atoms with Crippen LogP contribution in [0, 0.1) is 5.82 Å². The van der Waals surface area contributed by atoms with E-state index in [2.05, 4.69) is 5.32 Å². The molecular weight excluding hydrogens is 245 g/mol. The second-order valence-electron chi connectivity index (χ2n) is 4.74. The van der Waals surface area contributed by atoms with Gasteiger partial charge in [-0.05, 0) is 45.0 Å². The smallest absolute Gasteiger partial charge is 0.165 e. The van der Waals surface area contributed by atoms with Gasteiger partial charge in [0.25, 0.3) is 0 Å². The largest absolute Gasteiger partial charge is 0.488 e. The van der Waals surface area contributed by atoms with E-state index in [1.807, 2.05) is 33.8 Å². The molecule has 0 aromatic heterocycles. The molecule has 1 rings (SSSR count). The molecule has 1 atom stereocenters. The third kappa shape index (κ3) is 5.57. The monoisotopic (exact) mass is 269 g/mol. The molecule has 0 aliphatic heterocycles. The van der Waals surface area contributed by atoms with Crippen molar-refractivity contribution in [3.05, 3.63) is 29.6 Å². The minimum absolute atomic E-state index is 0.137. The molecule has 1 aromatic rings. The zero-order valence-electron chi connectivity index (χ0n) is 12.2. The molecule has 108 valence electrons. The molecule has 1 aromatic carbocycles. The second kappa shape index (κ2) is 8.12. The van der Waals surface area contributed by atoms with Gasteiger partial charge in [0, 0.05) is 6.04 Å². The minimum atomic E-state index is -0.327. The van der Waals surface area contributed by atoms with Crippen LogP contribution in [-0.4, -0.2) is 25.9 Å². The van der Waals surface area contributed by atoms with Crippen molar-refractivity contribution in [2.75, 3.05) is 19.8 Å². The van der Waals surface area contributed by atoms with Crippen LogP contribution in [0.25, 0.3) is 0 Å². The number of ether oxygens (including phenoxy) is 2. The predicted octanol–water partition coefficient (Wildman–Crippen LogP) is 3.30. The van der Waals surface area contributed by atoms with E-state index in [0.717, 1.165) is 12.1 Å². The Morgan fingerprint density at radius 2 is 1.95 bits per heavy atom. The molecule has 0 aliphatic carbocycles. The molecule has 1 N–H and O–H groups in total. The molecular formula is C15H24FNO2. The Hall–Kier alpha value is -1.13. The summed E-state index contributed by atoms with van der Waals surface area (Å²) in [5.41, 5.74) is 0.921. The first-order valence-corrected chi connectivity index (χ1v) is 6.81. The van der Waals surface area contributed by atoms with Crippen molar-refractivity contribution in [2.45, 2.75) is 39.8 Å². The molecule has 1 unspecified atom stereocenters. The van der Waals surface area contributed by atoms with Crippen LogP contribution in [0.2, 0.25) is 0 Å². The lowest BCUT2D eigenvalue weighted by Crippen LogP contribution is -2.18. The zero-order valence-corrected chi connectivity index (χ0v) is 12.2. The second-order valence-corrected chi connectivity index (χ2v) is 4.74. The number of benzene rings is 1. The van der Waals surface area contributed by atoms with Crippen molar-refractivity contribution in [3.8, 4) is 5.75 Å². The van der Waals surface area contributed by atoms with Crippen molar-refractivity contribution in [1.82, 2.24) is 5.32 Å². The van der Waals surface area contributed by atoms with Gasteiger partial charge in [0.2, 0.25) is 0 Å². The standard InChI is InChI=1S/C15H24FNO2/c1-5-17-12(4)13-6-7-15(14(16)10-13)19-9-8-18-11(2)3/h6-7,10-12,17H,5,8-9H2,1-4H3. The van der Waals surface area contributed by atoms with E-state index in [-0.39, 0.29) is 23.7 Å². The summed E-state index contributed by atoms with van der Waals surface area (Å²) in [6, 6.07) is 5.22. The molecule has 0 bridgehead atoms. The van der Waals surface area contributed by atoms with Crippen LogP contribution in [0.15, 0.2) is 18.2 Å². The molecule has 0 saturated carbocycles. The molecule has 0 radical (unpaired) electrons. The topological polar surface area (TPSA) is 30.5 Å². The normalized spacial score (nSPS) is 12.7. The first-order valence-electron chi connectivity index (χ1n) is 6.81. The van der Waals surface area contributed by atoms with E-state index in [1.165, 1.54) is 6.07 Å². The SMILES string of the molecule is CCNC(C)c1ccc(OCCOC(C)C)c(F)c1. The van der Waals surface area contributed by atoms with E-state index in [0.29, 0.717) is 13.2 Å². The van der Waals surface area contributed by atoms with E-state index in [9.17, 15) is 4.39 Å². The van der Waals surface area contributed by atoms with Crippen LogP contribution < -0.4 is 10.1 Å². The maximum Gasteiger partial charge on any atom is 0.165 e. The fourth-order valence-electron chi connectivity index (χ4n) is 1.76. The first-order chi connectivity index (χ1) is 9.04. The summed E-state index contributed by atoms with van der Waals surface area (Å²) < 4.78 is 24.5. The Balaban J connectivity index is 2.52. The number of nitrogens with one attached hydrogen (secondary N) is 1. The Morgan fingerprint density at radius 1 is 1.21 bits per heavy atom. The van der Waals surface area contributed by atoms with Gasteiger partial charge in [-0.1, -0.05) is 13.0 Å². The molecule has 3 nitrogen and oxygen atoms in total. The first kappa shape index (κ1) is 15.9. The molecule has 0 amide bonds. The third-order valence-corrected chi connectivity index (χ3v) is 2.76. The summed E-state index contributed by atoms with van der Waals surface area (Å²) in [4.78, 5) is 0. The maximum absolute atomic E-state index is 13.8. The van der Waals surface area contributed by atoms with Crippen molar-refractivity contribution >= 4 is 0 Å². The Morgan fingerprint density at radius 3 is 2.53 bits per heavy atom. The molecule has 4 heteroatoms. The van der Waals surface area contributed by atoms with Crippen LogP contribution in [0.1, 0.15) is 39.3 Å². The summed E-state index contributed by atoms with van der Waals surface area (Å²) in [6.45, 7) is 9.63. The fourth-order valence-corrected chi connectivity index (χ4v) is 1.76. The third-order valence-electron chi connectivity index (χ3n) is 2.76. The highest BCUT2D eigenvalue weighted by Gasteiger charge is 2.09. The van der Waals surface area contributed by atoms with Crippen LogP contribution in [0.3, 0.4) is 0 Å². The van der Waals surface area contributed by atoms with Gasteiger partial charge in [0.1, 0.15) is 6.61 Å². The summed E-state index contributed by atoms with van der Waals surface area (Å²) in [5, 5.41) is 3.25. The molecule has 0 spiro atoms. The van der Waals surface area contributed by atoms with Crippen molar-refractivity contribution in [3.63, 3.8) is 0 Å². The molecule has 0 saturated heterocycles. The molecule has 0 fully saturated rings. The average molecular weight is 269 g/mol. The number of rotatable bonds is 8. The van der Waals surface area contributed by atoms with Crippen molar-refractivity contribution in [2.24, 2.45) is 0 Å². The number of hydrogen-bond donors (Lipinski definition) is 1. The summed E-state index contributed by atoms with van der Waals surface area (Å²) in [6.07, 6.45) is 0.164. The summed E-state index contributed by atoms with van der Waals surface area (Å²) in [5.74, 6) is -0.0494. The van der Waals surface area contributed by atoms with Crippen LogP contribution >= 0.6 is 0 Å². The van der Waals surface area contributed by atoms with Crippen LogP contribution in [0.4, 0.5) is 4.39 Å². The molecule has 19 heavy (non-hydrogen) atoms. The average Bonchev–Trinajstić information content (AvgIpc) is 2.36. The van der Waals surface area contributed by atoms with Gasteiger partial charge >= 0.3 is 0 Å². The van der Waals surface area contributed by atoms with Gasteiger partial charge in [-0.25, -0.2) is 4.39 Å². The highest BCUT2D eigenvalue weighted by Crippen LogP contribution is 2.22. The zero-order chi connectivity index (χ0) is 14.3. The Labute approximate surface area is 115 Å². The van der Waals surface area contributed by atoms with E-state index in [4.69, 9.17) is 9.47 Å². The quantitative estimate of drug-likeness (QED) is 0.735. The van der Waals surface area contributed by atoms with Crippen molar-refractivity contribution in [1.29, 1.82) is 0 Å². The summed E-state index contributed by atoms with van der Waals surface area (Å²) in [7, 11) is 0. The van der Waals surface area contributed by atoms with Gasteiger partial charge in [-0.3, -0.25) is 0 Å². The lowest BCUT2D eigenvalue weighted by atomic mass is 10.1. The predicted molar refractivity (Wildman–Crippen MR) is 75.1 cm³/mol. The minimum Gasteiger partial charge on any atom is -0.488 e. The number of hydrogen-bond acceptors (Lipinski definition) is 3. The van der Waals surface area contributed by atoms with E-state index in [1.54, 1.807) is 6.07 Å². The van der Waals surface area contributed by atoms with Gasteiger partial charge in [0.05, 0.1) is 12.7 Å². The lowest BCUT2D eigenvalue weighted by molar-refractivity contribution is 0.0544. The van der Waals surface area contributed by atoms with Crippen LogP contribution in [-0.2, 0) is 4.74 Å². The van der Waals surface area contributed by atoms with Gasteiger partial charge in [0.15, 0.2) is 11.6 Å².